The van der Waals surface area contributed by atoms with E-state index in [1.165, 1.54) is 31.5 Å². The molecule has 2 unspecified atom stereocenters. The van der Waals surface area contributed by atoms with Gasteiger partial charge >= 0.3 is 0 Å². The van der Waals surface area contributed by atoms with Crippen LogP contribution in [0.2, 0.25) is 0 Å². The van der Waals surface area contributed by atoms with Gasteiger partial charge in [-0.3, -0.25) is 4.79 Å². The first kappa shape index (κ1) is 18.4. The summed E-state index contributed by atoms with van der Waals surface area (Å²) < 4.78 is 0. The van der Waals surface area contributed by atoms with Gasteiger partial charge in [0, 0.05) is 36.3 Å². The van der Waals surface area contributed by atoms with E-state index in [0.717, 1.165) is 12.1 Å². The van der Waals surface area contributed by atoms with Crippen molar-refractivity contribution in [3.8, 4) is 0 Å². The second-order valence-electron chi connectivity index (χ2n) is 7.88. The zero-order chi connectivity index (χ0) is 18.0. The molecule has 2 aliphatic rings. The number of fused-ring (bicyclic) bond motifs is 1. The fourth-order valence-electron chi connectivity index (χ4n) is 4.39. The number of hydrogen-bond donors (Lipinski definition) is 1. The third-order valence-corrected chi connectivity index (χ3v) is 5.86. The molecule has 2 atom stereocenters. The predicted molar refractivity (Wildman–Crippen MR) is 104 cm³/mol. The average molecular weight is 344 g/mol. The van der Waals surface area contributed by atoms with Crippen molar-refractivity contribution in [3.05, 3.63) is 29.8 Å². The predicted octanol–water partition coefficient (Wildman–Crippen LogP) is 3.73. The molecule has 2 aliphatic heterocycles. The lowest BCUT2D eigenvalue weighted by molar-refractivity contribution is -0.118. The maximum absolute atomic E-state index is 12.4. The van der Waals surface area contributed by atoms with Gasteiger partial charge in [0.1, 0.15) is 0 Å². The molecular formula is C21H33N3O. The summed E-state index contributed by atoms with van der Waals surface area (Å²) in [5, 5.41) is 3.92. The summed E-state index contributed by atoms with van der Waals surface area (Å²) in [6.07, 6.45) is 3.98. The Kier molecular flexibility index (Phi) is 5.80. The minimum absolute atomic E-state index is 0.226. The minimum Gasteiger partial charge on any atom is -0.309 e. The maximum atomic E-state index is 12.4. The Balaban J connectivity index is 1.74. The second kappa shape index (κ2) is 7.88. The molecule has 4 heteroatoms. The molecule has 4 nitrogen and oxygen atoms in total. The summed E-state index contributed by atoms with van der Waals surface area (Å²) in [7, 11) is 0. The number of piperidine rings is 1. The summed E-state index contributed by atoms with van der Waals surface area (Å²) in [4.78, 5) is 17.0. The molecule has 2 heterocycles. The molecule has 1 aromatic carbocycles. The van der Waals surface area contributed by atoms with Crippen LogP contribution in [0.4, 0.5) is 5.69 Å². The monoisotopic (exact) mass is 343 g/mol. The lowest BCUT2D eigenvalue weighted by atomic mass is 9.90. The number of carbonyl (C=O) groups excluding carboxylic acids is 1. The fourth-order valence-corrected chi connectivity index (χ4v) is 4.39. The Morgan fingerprint density at radius 2 is 1.92 bits per heavy atom. The Bertz CT molecular complexity index is 593. The van der Waals surface area contributed by atoms with E-state index in [-0.39, 0.29) is 11.9 Å². The van der Waals surface area contributed by atoms with Crippen LogP contribution in [0, 0.1) is 0 Å². The Morgan fingerprint density at radius 1 is 1.24 bits per heavy atom. The quantitative estimate of drug-likeness (QED) is 0.905. The van der Waals surface area contributed by atoms with Crippen LogP contribution in [0.15, 0.2) is 24.3 Å². The third kappa shape index (κ3) is 3.90. The van der Waals surface area contributed by atoms with E-state index in [4.69, 9.17) is 0 Å². The minimum atomic E-state index is 0.226. The van der Waals surface area contributed by atoms with E-state index >= 15 is 0 Å². The van der Waals surface area contributed by atoms with E-state index in [1.807, 2.05) is 17.9 Å². The van der Waals surface area contributed by atoms with Crippen molar-refractivity contribution in [2.45, 2.75) is 77.5 Å². The SMILES string of the molecule is CCC(=O)N1c2ccccc2C(NC2CCN(C(C)C)CC2)CC1C. The normalized spacial score (nSPS) is 25.2. The van der Waals surface area contributed by atoms with Gasteiger partial charge in [-0.25, -0.2) is 0 Å². The molecule has 0 aromatic heterocycles. The van der Waals surface area contributed by atoms with Crippen LogP contribution in [-0.2, 0) is 4.79 Å². The molecule has 1 N–H and O–H groups in total. The Hall–Kier alpha value is -1.39. The highest BCUT2D eigenvalue weighted by Crippen LogP contribution is 2.38. The summed E-state index contributed by atoms with van der Waals surface area (Å²) >= 11 is 0. The van der Waals surface area contributed by atoms with Crippen molar-refractivity contribution in [1.29, 1.82) is 0 Å². The number of nitrogens with one attached hydrogen (secondary N) is 1. The first-order chi connectivity index (χ1) is 12.0. The van der Waals surface area contributed by atoms with Crippen molar-refractivity contribution < 1.29 is 4.79 Å². The number of carbonyl (C=O) groups is 1. The standard InChI is InChI=1S/C21H33N3O/c1-5-21(25)24-16(4)14-19(18-8-6-7-9-20(18)24)22-17-10-12-23(13-11-17)15(2)3/h6-9,15-17,19,22H,5,10-14H2,1-4H3. The highest BCUT2D eigenvalue weighted by atomic mass is 16.2. The van der Waals surface area contributed by atoms with Crippen molar-refractivity contribution >= 4 is 11.6 Å². The zero-order valence-electron chi connectivity index (χ0n) is 16.2. The van der Waals surface area contributed by atoms with E-state index in [9.17, 15) is 4.79 Å². The molecule has 3 rings (SSSR count). The van der Waals surface area contributed by atoms with Gasteiger partial charge in [0.25, 0.3) is 0 Å². The average Bonchev–Trinajstić information content (AvgIpc) is 2.62. The van der Waals surface area contributed by atoms with Crippen LogP contribution in [0.25, 0.3) is 0 Å². The fraction of sp³-hybridized carbons (Fsp3) is 0.667. The van der Waals surface area contributed by atoms with Crippen LogP contribution in [-0.4, -0.2) is 42.0 Å². The molecule has 1 aromatic rings. The summed E-state index contributed by atoms with van der Waals surface area (Å²) in [5.41, 5.74) is 2.39. The zero-order valence-corrected chi connectivity index (χ0v) is 16.2. The first-order valence-electron chi connectivity index (χ1n) is 9.92. The van der Waals surface area contributed by atoms with Gasteiger partial charge in [0.05, 0.1) is 0 Å². The molecule has 0 bridgehead atoms. The number of hydrogen-bond acceptors (Lipinski definition) is 3. The topological polar surface area (TPSA) is 35.6 Å². The second-order valence-corrected chi connectivity index (χ2v) is 7.88. The van der Waals surface area contributed by atoms with Gasteiger partial charge in [-0.1, -0.05) is 25.1 Å². The van der Waals surface area contributed by atoms with Crippen LogP contribution in [0.1, 0.15) is 65.0 Å². The number of nitrogens with zero attached hydrogens (tertiary/aromatic N) is 2. The third-order valence-electron chi connectivity index (χ3n) is 5.86. The maximum Gasteiger partial charge on any atom is 0.226 e. The Morgan fingerprint density at radius 3 is 2.56 bits per heavy atom. The van der Waals surface area contributed by atoms with Crippen molar-refractivity contribution in [2.24, 2.45) is 0 Å². The van der Waals surface area contributed by atoms with Crippen molar-refractivity contribution in [3.63, 3.8) is 0 Å². The first-order valence-corrected chi connectivity index (χ1v) is 9.92. The van der Waals surface area contributed by atoms with Gasteiger partial charge in [-0.2, -0.15) is 0 Å². The van der Waals surface area contributed by atoms with Gasteiger partial charge in [-0.05, 0) is 64.8 Å². The highest BCUT2D eigenvalue weighted by Gasteiger charge is 2.34. The summed E-state index contributed by atoms with van der Waals surface area (Å²) in [6, 6.07) is 10.3. The van der Waals surface area contributed by atoms with E-state index in [2.05, 4.69) is 49.2 Å². The molecule has 1 amide bonds. The number of anilines is 1. The van der Waals surface area contributed by atoms with Gasteiger partial charge in [0.15, 0.2) is 0 Å². The van der Waals surface area contributed by atoms with E-state index in [1.54, 1.807) is 0 Å². The molecular weight excluding hydrogens is 310 g/mol. The highest BCUT2D eigenvalue weighted by molar-refractivity contribution is 5.95. The van der Waals surface area contributed by atoms with E-state index < -0.39 is 0 Å². The largest absolute Gasteiger partial charge is 0.309 e. The molecule has 0 radical (unpaired) electrons. The van der Waals surface area contributed by atoms with Crippen LogP contribution in [0.3, 0.4) is 0 Å². The number of para-hydroxylation sites is 1. The summed E-state index contributed by atoms with van der Waals surface area (Å²) in [6.45, 7) is 11.1. The molecule has 0 spiro atoms. The molecule has 0 saturated carbocycles. The number of amides is 1. The Labute approximate surface area is 152 Å². The van der Waals surface area contributed by atoms with Gasteiger partial charge in [-0.15, -0.1) is 0 Å². The van der Waals surface area contributed by atoms with Crippen LogP contribution < -0.4 is 10.2 Å². The van der Waals surface area contributed by atoms with Gasteiger partial charge < -0.3 is 15.1 Å². The summed E-state index contributed by atoms with van der Waals surface area (Å²) in [5.74, 6) is 0.226. The van der Waals surface area contributed by atoms with Crippen LogP contribution >= 0.6 is 0 Å². The van der Waals surface area contributed by atoms with Gasteiger partial charge in [0.2, 0.25) is 5.91 Å². The molecule has 1 saturated heterocycles. The van der Waals surface area contributed by atoms with Crippen molar-refractivity contribution in [1.82, 2.24) is 10.2 Å². The molecule has 138 valence electrons. The van der Waals surface area contributed by atoms with Crippen molar-refractivity contribution in [2.75, 3.05) is 18.0 Å². The number of likely N-dealkylation sites (tertiary alicyclic amines) is 1. The van der Waals surface area contributed by atoms with Crippen LogP contribution in [0.5, 0.6) is 0 Å². The number of benzene rings is 1. The van der Waals surface area contributed by atoms with E-state index in [0.29, 0.717) is 24.5 Å². The lowest BCUT2D eigenvalue weighted by Crippen LogP contribution is -2.49. The lowest BCUT2D eigenvalue weighted by Gasteiger charge is -2.42. The number of rotatable bonds is 4. The molecule has 1 fully saturated rings. The molecule has 25 heavy (non-hydrogen) atoms. The smallest absolute Gasteiger partial charge is 0.226 e. The molecule has 0 aliphatic carbocycles.